The minimum Gasteiger partial charge on any atom is -0.463 e. The SMILES string of the molecule is CC(=O)OC[C@H]1O[C@@H](NC(=O)[C@]23CCC(C)(C)C[C@H]2C2=CC[C@@H]4[C@@]5(C)CC[C@H](O)C(C)(C)[C@@H]5CC[C@@]4(C)[C@]2(C)C[C@H]3O)[C@@H](OC(C)=O)[C@@H](OC(C)=O)[C@@H]1OC(C)=O. The maximum absolute atomic E-state index is 15.3. The molecular formula is C44H67NO12. The predicted octanol–water partition coefficient (Wildman–Crippen LogP) is 5.32. The molecule has 14 atom stereocenters. The van der Waals surface area contributed by atoms with Crippen molar-refractivity contribution >= 4 is 29.8 Å². The molecule has 3 N–H and O–H groups in total. The van der Waals surface area contributed by atoms with E-state index in [9.17, 15) is 29.4 Å². The van der Waals surface area contributed by atoms with Gasteiger partial charge in [0.15, 0.2) is 24.5 Å². The van der Waals surface area contributed by atoms with Crippen LogP contribution in [0.3, 0.4) is 0 Å². The number of fused-ring (bicyclic) bond motifs is 7. The minimum atomic E-state index is -1.46. The Morgan fingerprint density at radius 2 is 1.35 bits per heavy atom. The standard InChI is InChI=1S/C44H67NO12/c1-23(46)53-22-29-34(54-24(2)47)35(55-25(3)48)36(56-26(4)49)37(57-29)45-38(52)44-19-18-39(5,6)20-28(44)27-12-13-31-41(9)16-15-32(50)40(7,8)30(41)14-17-42(31,10)43(27,11)21-33(44)51/h12,28-37,50-51H,13-22H2,1-11H3,(H,45,52)/t28-,29+,30-,31+,32-,33+,34+,35-,36-,37+,41-,42+,43+,44+/m0/s1. The van der Waals surface area contributed by atoms with Gasteiger partial charge in [-0.1, -0.05) is 60.1 Å². The molecular weight excluding hydrogens is 734 g/mol. The van der Waals surface area contributed by atoms with Gasteiger partial charge in [-0.2, -0.15) is 0 Å². The fourth-order valence-corrected chi connectivity index (χ4v) is 13.4. The van der Waals surface area contributed by atoms with Gasteiger partial charge >= 0.3 is 23.9 Å². The third kappa shape index (κ3) is 7.13. The van der Waals surface area contributed by atoms with Gasteiger partial charge in [0.25, 0.3) is 0 Å². The Morgan fingerprint density at radius 1 is 0.737 bits per heavy atom. The average Bonchev–Trinajstić information content (AvgIpc) is 3.08. The lowest BCUT2D eigenvalue weighted by atomic mass is 9.33. The summed E-state index contributed by atoms with van der Waals surface area (Å²) in [7, 11) is 0. The van der Waals surface area contributed by atoms with Crippen LogP contribution in [-0.2, 0) is 47.7 Å². The van der Waals surface area contributed by atoms with Crippen LogP contribution < -0.4 is 5.32 Å². The summed E-state index contributed by atoms with van der Waals surface area (Å²) >= 11 is 0. The van der Waals surface area contributed by atoms with Crippen molar-refractivity contribution in [3.63, 3.8) is 0 Å². The molecule has 0 bridgehead atoms. The van der Waals surface area contributed by atoms with Crippen molar-refractivity contribution in [2.45, 2.75) is 177 Å². The number of amides is 1. The molecule has 4 saturated carbocycles. The van der Waals surface area contributed by atoms with Crippen molar-refractivity contribution in [3.05, 3.63) is 11.6 Å². The monoisotopic (exact) mass is 801 g/mol. The highest BCUT2D eigenvalue weighted by Gasteiger charge is 2.71. The van der Waals surface area contributed by atoms with E-state index in [4.69, 9.17) is 23.7 Å². The van der Waals surface area contributed by atoms with Gasteiger partial charge in [-0.05, 0) is 103 Å². The van der Waals surface area contributed by atoms with Crippen molar-refractivity contribution in [3.8, 4) is 0 Å². The average molecular weight is 802 g/mol. The van der Waals surface area contributed by atoms with E-state index < -0.39 is 84.0 Å². The molecule has 13 nitrogen and oxygen atoms in total. The summed E-state index contributed by atoms with van der Waals surface area (Å²) in [6.07, 6.45) is 0.698. The van der Waals surface area contributed by atoms with Gasteiger partial charge in [-0.25, -0.2) is 0 Å². The molecule has 1 heterocycles. The van der Waals surface area contributed by atoms with Crippen LogP contribution in [-0.4, -0.2) is 89.5 Å². The molecule has 1 aliphatic heterocycles. The quantitative estimate of drug-likeness (QED) is 0.171. The number of hydrogen-bond acceptors (Lipinski definition) is 12. The summed E-state index contributed by atoms with van der Waals surface area (Å²) in [6, 6.07) is 0. The molecule has 0 radical (unpaired) electrons. The fourth-order valence-electron chi connectivity index (χ4n) is 13.4. The third-order valence-electron chi connectivity index (χ3n) is 16.4. The summed E-state index contributed by atoms with van der Waals surface area (Å²) in [5.41, 5.74) is -0.993. The van der Waals surface area contributed by atoms with Gasteiger partial charge < -0.3 is 39.2 Å². The van der Waals surface area contributed by atoms with Crippen molar-refractivity contribution in [2.24, 2.45) is 50.2 Å². The number of esters is 4. The lowest BCUT2D eigenvalue weighted by Gasteiger charge is -2.71. The Balaban J connectivity index is 1.40. The van der Waals surface area contributed by atoms with E-state index in [1.807, 2.05) is 0 Å². The molecule has 0 aromatic carbocycles. The van der Waals surface area contributed by atoms with Crippen LogP contribution in [0.15, 0.2) is 11.6 Å². The van der Waals surface area contributed by atoms with E-state index in [2.05, 4.69) is 59.9 Å². The Kier molecular flexibility index (Phi) is 11.4. The van der Waals surface area contributed by atoms with E-state index >= 15 is 4.79 Å². The number of hydrogen-bond donors (Lipinski definition) is 3. The first-order chi connectivity index (χ1) is 26.3. The van der Waals surface area contributed by atoms with E-state index in [0.29, 0.717) is 37.5 Å². The smallest absolute Gasteiger partial charge is 0.303 e. The first-order valence-electron chi connectivity index (χ1n) is 21.0. The summed E-state index contributed by atoms with van der Waals surface area (Å²) in [5.74, 6) is -3.05. The van der Waals surface area contributed by atoms with Crippen molar-refractivity contribution in [2.75, 3.05) is 6.61 Å². The van der Waals surface area contributed by atoms with Gasteiger partial charge in [0, 0.05) is 27.7 Å². The van der Waals surface area contributed by atoms with Crippen LogP contribution in [0.2, 0.25) is 0 Å². The molecule has 320 valence electrons. The zero-order valence-electron chi connectivity index (χ0n) is 35.9. The summed E-state index contributed by atoms with van der Waals surface area (Å²) in [4.78, 5) is 64.6. The Morgan fingerprint density at radius 3 is 1.96 bits per heavy atom. The fraction of sp³-hybridized carbons (Fsp3) is 0.841. The van der Waals surface area contributed by atoms with Gasteiger partial charge in [0.05, 0.1) is 17.6 Å². The minimum absolute atomic E-state index is 0.00138. The summed E-state index contributed by atoms with van der Waals surface area (Å²) in [5, 5.41) is 26.9. The van der Waals surface area contributed by atoms with E-state index in [1.54, 1.807) is 0 Å². The van der Waals surface area contributed by atoms with Gasteiger partial charge in [-0.3, -0.25) is 24.0 Å². The summed E-state index contributed by atoms with van der Waals surface area (Å²) < 4.78 is 28.4. The first kappa shape index (κ1) is 43.5. The molecule has 5 aliphatic carbocycles. The number of ether oxygens (including phenoxy) is 5. The molecule has 57 heavy (non-hydrogen) atoms. The maximum atomic E-state index is 15.3. The number of aliphatic hydroxyl groups excluding tert-OH is 2. The Bertz CT molecular complexity index is 1670. The zero-order valence-corrected chi connectivity index (χ0v) is 35.9. The van der Waals surface area contributed by atoms with Crippen molar-refractivity contribution in [1.29, 1.82) is 0 Å². The number of nitrogens with one attached hydrogen (secondary N) is 1. The predicted molar refractivity (Wildman–Crippen MR) is 207 cm³/mol. The zero-order chi connectivity index (χ0) is 42.3. The van der Waals surface area contributed by atoms with E-state index in [1.165, 1.54) is 12.5 Å². The summed E-state index contributed by atoms with van der Waals surface area (Å²) in [6.45, 7) is 20.3. The maximum Gasteiger partial charge on any atom is 0.303 e. The molecule has 6 rings (SSSR count). The van der Waals surface area contributed by atoms with Crippen LogP contribution >= 0.6 is 0 Å². The number of carbonyl (C=O) groups excluding carboxylic acids is 5. The van der Waals surface area contributed by atoms with Gasteiger partial charge in [0.1, 0.15) is 12.7 Å². The topological polar surface area (TPSA) is 184 Å². The lowest BCUT2D eigenvalue weighted by Crippen LogP contribution is -2.71. The largest absolute Gasteiger partial charge is 0.463 e. The second-order valence-corrected chi connectivity index (χ2v) is 20.4. The Hall–Kier alpha value is -3.03. The molecule has 5 fully saturated rings. The normalized spacial score (nSPS) is 44.3. The second-order valence-electron chi connectivity index (χ2n) is 20.4. The molecule has 1 saturated heterocycles. The highest BCUT2D eigenvalue weighted by molar-refractivity contribution is 5.85. The molecule has 13 heteroatoms. The number of carbonyl (C=O) groups is 5. The van der Waals surface area contributed by atoms with Crippen LogP contribution in [0.5, 0.6) is 0 Å². The van der Waals surface area contributed by atoms with Crippen LogP contribution in [0.4, 0.5) is 0 Å². The number of allylic oxidation sites excluding steroid dienone is 2. The Labute approximate surface area is 337 Å². The molecule has 6 aliphatic rings. The highest BCUT2D eigenvalue weighted by atomic mass is 16.7. The molecule has 0 unspecified atom stereocenters. The molecule has 0 spiro atoms. The highest BCUT2D eigenvalue weighted by Crippen LogP contribution is 2.75. The first-order valence-corrected chi connectivity index (χ1v) is 21.0. The van der Waals surface area contributed by atoms with Crippen molar-refractivity contribution in [1.82, 2.24) is 5.32 Å². The third-order valence-corrected chi connectivity index (χ3v) is 16.4. The lowest BCUT2D eigenvalue weighted by molar-refractivity contribution is -0.258. The van der Waals surface area contributed by atoms with Gasteiger partial charge in [-0.15, -0.1) is 0 Å². The number of aliphatic hydroxyl groups is 2. The van der Waals surface area contributed by atoms with E-state index in [-0.39, 0.29) is 33.7 Å². The second kappa shape index (κ2) is 14.9. The van der Waals surface area contributed by atoms with Crippen LogP contribution in [0.25, 0.3) is 0 Å². The van der Waals surface area contributed by atoms with Crippen molar-refractivity contribution < 1.29 is 57.9 Å². The number of rotatable bonds is 7. The molecule has 0 aromatic heterocycles. The van der Waals surface area contributed by atoms with Crippen LogP contribution in [0, 0.1) is 50.2 Å². The van der Waals surface area contributed by atoms with E-state index in [0.717, 1.165) is 52.9 Å². The van der Waals surface area contributed by atoms with Gasteiger partial charge in [0.2, 0.25) is 5.91 Å². The van der Waals surface area contributed by atoms with Crippen LogP contribution in [0.1, 0.15) is 134 Å². The molecule has 1 amide bonds. The molecule has 0 aromatic rings.